The molecule has 0 spiro atoms. The standard InChI is InChI=1S/C20H37NO16/c21-1-2-32-19-16(13(29)10(26)7(4-23)34-19)37-20-17(14(30)11(27)8(5-24)35-20)36-18-15(31)12(28)9(25)6(3-22)33-18/h6-20,22-31H,1-5,21H2/t6-,7-,8-,9-,10-,11-,12+,13+,14+,15+,16+,17+,18-,19+,20-/m1/s1. The predicted molar refractivity (Wildman–Crippen MR) is 114 cm³/mol. The van der Waals surface area contributed by atoms with Gasteiger partial charge in [0.05, 0.1) is 26.4 Å². The Morgan fingerprint density at radius 1 is 0.514 bits per heavy atom. The third-order valence-corrected chi connectivity index (χ3v) is 6.48. The lowest BCUT2D eigenvalue weighted by Crippen LogP contribution is -2.67. The van der Waals surface area contributed by atoms with Crippen molar-refractivity contribution in [1.29, 1.82) is 0 Å². The Balaban J connectivity index is 1.86. The van der Waals surface area contributed by atoms with E-state index in [-0.39, 0.29) is 13.2 Å². The summed E-state index contributed by atoms with van der Waals surface area (Å²) in [6.45, 7) is -2.26. The number of aliphatic hydroxyl groups excluding tert-OH is 10. The molecule has 3 fully saturated rings. The van der Waals surface area contributed by atoms with Crippen molar-refractivity contribution in [2.45, 2.75) is 92.1 Å². The van der Waals surface area contributed by atoms with Gasteiger partial charge in [-0.2, -0.15) is 0 Å². The van der Waals surface area contributed by atoms with Gasteiger partial charge in [0.2, 0.25) is 0 Å². The maximum Gasteiger partial charge on any atom is 0.187 e. The Morgan fingerprint density at radius 2 is 0.919 bits per heavy atom. The van der Waals surface area contributed by atoms with Crippen molar-refractivity contribution in [2.75, 3.05) is 33.0 Å². The molecule has 37 heavy (non-hydrogen) atoms. The van der Waals surface area contributed by atoms with Gasteiger partial charge in [0.15, 0.2) is 18.9 Å². The van der Waals surface area contributed by atoms with Crippen LogP contribution in [0.5, 0.6) is 0 Å². The molecule has 3 rings (SSSR count). The minimum atomic E-state index is -1.88. The first-order valence-corrected chi connectivity index (χ1v) is 11.8. The average Bonchev–Trinajstić information content (AvgIpc) is 2.90. The second-order valence-electron chi connectivity index (χ2n) is 8.97. The van der Waals surface area contributed by atoms with Crippen LogP contribution in [0.3, 0.4) is 0 Å². The Kier molecular flexibility index (Phi) is 11.3. The van der Waals surface area contributed by atoms with Crippen molar-refractivity contribution in [1.82, 2.24) is 0 Å². The Morgan fingerprint density at radius 3 is 1.41 bits per heavy atom. The monoisotopic (exact) mass is 547 g/mol. The second kappa shape index (κ2) is 13.6. The number of hydrogen-bond donors (Lipinski definition) is 11. The van der Waals surface area contributed by atoms with Gasteiger partial charge in [0.25, 0.3) is 0 Å². The molecule has 15 atom stereocenters. The summed E-state index contributed by atoms with van der Waals surface area (Å²) in [5.41, 5.74) is 5.45. The number of ether oxygens (including phenoxy) is 6. The van der Waals surface area contributed by atoms with E-state index in [1.807, 2.05) is 0 Å². The molecule has 0 bridgehead atoms. The van der Waals surface area contributed by atoms with Gasteiger partial charge in [-0.25, -0.2) is 0 Å². The first-order valence-electron chi connectivity index (χ1n) is 11.8. The highest BCUT2D eigenvalue weighted by molar-refractivity contribution is 4.96. The van der Waals surface area contributed by atoms with E-state index in [0.717, 1.165) is 0 Å². The maximum atomic E-state index is 10.7. The van der Waals surface area contributed by atoms with Gasteiger partial charge in [-0.15, -0.1) is 0 Å². The van der Waals surface area contributed by atoms with E-state index in [0.29, 0.717) is 0 Å². The molecule has 0 saturated carbocycles. The van der Waals surface area contributed by atoms with E-state index in [4.69, 9.17) is 34.2 Å². The van der Waals surface area contributed by atoms with Crippen molar-refractivity contribution in [2.24, 2.45) is 5.73 Å². The summed E-state index contributed by atoms with van der Waals surface area (Å²) in [6, 6.07) is 0. The lowest BCUT2D eigenvalue weighted by atomic mass is 9.96. The largest absolute Gasteiger partial charge is 0.394 e. The van der Waals surface area contributed by atoms with E-state index < -0.39 is 112 Å². The molecule has 0 unspecified atom stereocenters. The van der Waals surface area contributed by atoms with Crippen LogP contribution in [0.4, 0.5) is 0 Å². The lowest BCUT2D eigenvalue weighted by Gasteiger charge is -2.48. The van der Waals surface area contributed by atoms with Crippen LogP contribution in [0.25, 0.3) is 0 Å². The van der Waals surface area contributed by atoms with Crippen LogP contribution in [0, 0.1) is 0 Å². The maximum absolute atomic E-state index is 10.7. The van der Waals surface area contributed by atoms with Crippen LogP contribution in [0.2, 0.25) is 0 Å². The molecule has 218 valence electrons. The van der Waals surface area contributed by atoms with Crippen molar-refractivity contribution in [3.05, 3.63) is 0 Å². The molecule has 0 aromatic rings. The highest BCUT2D eigenvalue weighted by atomic mass is 16.8. The molecular weight excluding hydrogens is 510 g/mol. The van der Waals surface area contributed by atoms with Crippen LogP contribution < -0.4 is 5.73 Å². The SMILES string of the molecule is NCCO[C@H]1O[C@H](CO)[C@@H](O)[C@H](O)[C@@H]1O[C@H]1O[C@H](CO)[C@@H](O)[C@H](O)[C@@H]1O[C@H]1O[C@H](CO)[C@@H](O)[C@H](O)[C@@H]1O. The topological polar surface area (TPSA) is 284 Å². The molecule has 0 aliphatic carbocycles. The third-order valence-electron chi connectivity index (χ3n) is 6.48. The smallest absolute Gasteiger partial charge is 0.187 e. The van der Waals surface area contributed by atoms with E-state index in [1.165, 1.54) is 0 Å². The van der Waals surface area contributed by atoms with Crippen LogP contribution in [-0.4, -0.2) is 176 Å². The first kappa shape index (κ1) is 30.9. The fraction of sp³-hybridized carbons (Fsp3) is 1.00. The average molecular weight is 548 g/mol. The molecule has 3 aliphatic rings. The van der Waals surface area contributed by atoms with Gasteiger partial charge in [-0.3, -0.25) is 0 Å². The zero-order chi connectivity index (χ0) is 27.4. The van der Waals surface area contributed by atoms with Gasteiger partial charge in [0.1, 0.15) is 73.2 Å². The Bertz CT molecular complexity index is 691. The Labute approximate surface area is 211 Å². The van der Waals surface area contributed by atoms with Crippen LogP contribution in [-0.2, 0) is 28.4 Å². The van der Waals surface area contributed by atoms with Gasteiger partial charge in [0, 0.05) is 6.54 Å². The summed E-state index contributed by atoms with van der Waals surface area (Å²) in [6.07, 6.45) is -24.6. The van der Waals surface area contributed by atoms with Gasteiger partial charge in [-0.1, -0.05) is 0 Å². The van der Waals surface area contributed by atoms with E-state index in [2.05, 4.69) is 0 Å². The highest BCUT2D eigenvalue weighted by Gasteiger charge is 2.54. The van der Waals surface area contributed by atoms with Crippen molar-refractivity contribution < 1.29 is 79.5 Å². The number of nitrogens with two attached hydrogens (primary N) is 1. The quantitative estimate of drug-likeness (QED) is 0.121. The second-order valence-corrected chi connectivity index (χ2v) is 8.97. The normalized spacial score (nSPS) is 49.2. The molecule has 0 amide bonds. The van der Waals surface area contributed by atoms with Gasteiger partial charge < -0.3 is 85.2 Å². The summed E-state index contributed by atoms with van der Waals surface area (Å²) in [4.78, 5) is 0. The zero-order valence-corrected chi connectivity index (χ0v) is 19.7. The fourth-order valence-electron chi connectivity index (χ4n) is 4.32. The zero-order valence-electron chi connectivity index (χ0n) is 19.7. The first-order chi connectivity index (χ1) is 17.6. The molecule has 3 saturated heterocycles. The minimum Gasteiger partial charge on any atom is -0.394 e. The molecule has 3 aliphatic heterocycles. The van der Waals surface area contributed by atoms with Crippen LogP contribution >= 0.6 is 0 Å². The van der Waals surface area contributed by atoms with E-state index in [1.54, 1.807) is 0 Å². The molecule has 3 heterocycles. The van der Waals surface area contributed by atoms with E-state index >= 15 is 0 Å². The summed E-state index contributed by atoms with van der Waals surface area (Å²) in [5.74, 6) is 0. The van der Waals surface area contributed by atoms with Crippen LogP contribution in [0.1, 0.15) is 0 Å². The fourth-order valence-corrected chi connectivity index (χ4v) is 4.32. The van der Waals surface area contributed by atoms with Gasteiger partial charge >= 0.3 is 0 Å². The molecule has 0 aromatic heterocycles. The molecule has 0 radical (unpaired) electrons. The number of aliphatic hydroxyl groups is 10. The summed E-state index contributed by atoms with van der Waals surface area (Å²) < 4.78 is 33.0. The summed E-state index contributed by atoms with van der Waals surface area (Å²) >= 11 is 0. The molecule has 17 heteroatoms. The van der Waals surface area contributed by atoms with E-state index in [9.17, 15) is 51.1 Å². The van der Waals surface area contributed by atoms with Crippen molar-refractivity contribution >= 4 is 0 Å². The number of hydrogen-bond acceptors (Lipinski definition) is 17. The van der Waals surface area contributed by atoms with Crippen LogP contribution in [0.15, 0.2) is 0 Å². The molecule has 0 aromatic carbocycles. The number of rotatable bonds is 10. The predicted octanol–water partition coefficient (Wildman–Crippen LogP) is -7.59. The van der Waals surface area contributed by atoms with Gasteiger partial charge in [-0.05, 0) is 0 Å². The molecule has 12 N–H and O–H groups in total. The molecule has 17 nitrogen and oxygen atoms in total. The lowest BCUT2D eigenvalue weighted by molar-refractivity contribution is -0.393. The van der Waals surface area contributed by atoms with Crippen molar-refractivity contribution in [3.63, 3.8) is 0 Å². The Hall–Kier alpha value is -0.680. The summed E-state index contributed by atoms with van der Waals surface area (Å²) in [5, 5.41) is 101. The molecular formula is C20H37NO16. The third kappa shape index (κ3) is 6.56. The van der Waals surface area contributed by atoms with Crippen molar-refractivity contribution in [3.8, 4) is 0 Å². The summed E-state index contributed by atoms with van der Waals surface area (Å²) in [7, 11) is 0. The highest BCUT2D eigenvalue weighted by Crippen LogP contribution is 2.33. The minimum absolute atomic E-state index is 0.0370.